The first kappa shape index (κ1) is 25.0. The van der Waals surface area contributed by atoms with Crippen LogP contribution in [-0.2, 0) is 9.53 Å². The van der Waals surface area contributed by atoms with Gasteiger partial charge in [0.15, 0.2) is 17.6 Å². The molecular weight excluding hydrogens is 436 g/mol. The van der Waals surface area contributed by atoms with Gasteiger partial charge in [0.1, 0.15) is 11.4 Å². The molecule has 172 valence electrons. The highest BCUT2D eigenvalue weighted by atomic mass is 35.5. The summed E-state index contributed by atoms with van der Waals surface area (Å²) in [4.78, 5) is 24.1. The zero-order chi connectivity index (χ0) is 23.9. The predicted octanol–water partition coefficient (Wildman–Crippen LogP) is 4.89. The van der Waals surface area contributed by atoms with E-state index in [4.69, 9.17) is 30.5 Å². The van der Waals surface area contributed by atoms with Crippen molar-refractivity contribution in [2.75, 3.05) is 7.11 Å². The van der Waals surface area contributed by atoms with E-state index in [2.05, 4.69) is 10.5 Å². The summed E-state index contributed by atoms with van der Waals surface area (Å²) in [5.41, 5.74) is 3.18. The van der Waals surface area contributed by atoms with E-state index in [-0.39, 0.29) is 5.75 Å². The smallest absolute Gasteiger partial charge is 0.493 e. The molecular formula is C23H27ClN2O6. The van der Waals surface area contributed by atoms with Crippen molar-refractivity contribution >= 4 is 29.9 Å². The van der Waals surface area contributed by atoms with E-state index >= 15 is 0 Å². The number of hydrogen-bond acceptors (Lipinski definition) is 7. The van der Waals surface area contributed by atoms with E-state index in [0.29, 0.717) is 22.1 Å². The zero-order valence-electron chi connectivity index (χ0n) is 18.9. The van der Waals surface area contributed by atoms with Crippen LogP contribution in [0.25, 0.3) is 0 Å². The summed E-state index contributed by atoms with van der Waals surface area (Å²) in [6.45, 7) is 8.67. The molecule has 1 atom stereocenters. The van der Waals surface area contributed by atoms with Crippen LogP contribution in [0.3, 0.4) is 0 Å². The summed E-state index contributed by atoms with van der Waals surface area (Å²) >= 11 is 5.93. The molecule has 0 aliphatic heterocycles. The lowest BCUT2D eigenvalue weighted by molar-refractivity contribution is -0.127. The molecule has 9 heteroatoms. The van der Waals surface area contributed by atoms with Crippen LogP contribution in [0.5, 0.6) is 17.2 Å². The monoisotopic (exact) mass is 462 g/mol. The Balaban J connectivity index is 1.97. The number of aryl methyl sites for hydroxylation is 1. The van der Waals surface area contributed by atoms with Crippen LogP contribution in [0, 0.1) is 6.92 Å². The summed E-state index contributed by atoms with van der Waals surface area (Å²) in [6.07, 6.45) is -0.182. The van der Waals surface area contributed by atoms with Crippen LogP contribution in [0.4, 0.5) is 4.79 Å². The molecule has 1 N–H and O–H groups in total. The van der Waals surface area contributed by atoms with Crippen LogP contribution < -0.4 is 19.6 Å². The maximum Gasteiger partial charge on any atom is 0.514 e. The Hall–Kier alpha value is -3.26. The van der Waals surface area contributed by atoms with Gasteiger partial charge >= 0.3 is 6.16 Å². The average Bonchev–Trinajstić information content (AvgIpc) is 2.69. The molecule has 1 unspecified atom stereocenters. The molecule has 0 radical (unpaired) electrons. The van der Waals surface area contributed by atoms with Crippen molar-refractivity contribution in [1.82, 2.24) is 5.43 Å². The van der Waals surface area contributed by atoms with Gasteiger partial charge in [-0.15, -0.1) is 0 Å². The Morgan fingerprint density at radius 1 is 1.09 bits per heavy atom. The lowest BCUT2D eigenvalue weighted by atomic mass is 10.2. The van der Waals surface area contributed by atoms with Gasteiger partial charge in [-0.1, -0.05) is 11.6 Å². The van der Waals surface area contributed by atoms with Gasteiger partial charge in [-0.2, -0.15) is 5.10 Å². The van der Waals surface area contributed by atoms with Crippen molar-refractivity contribution in [2.24, 2.45) is 5.10 Å². The van der Waals surface area contributed by atoms with Crippen LogP contribution in [0.1, 0.15) is 38.8 Å². The molecule has 2 rings (SSSR count). The number of hydrazone groups is 1. The second kappa shape index (κ2) is 10.9. The van der Waals surface area contributed by atoms with Gasteiger partial charge in [0.05, 0.1) is 13.3 Å². The second-order valence-electron chi connectivity index (χ2n) is 7.88. The van der Waals surface area contributed by atoms with Crippen molar-refractivity contribution in [1.29, 1.82) is 0 Å². The highest BCUT2D eigenvalue weighted by Crippen LogP contribution is 2.28. The van der Waals surface area contributed by atoms with E-state index in [1.807, 2.05) is 6.92 Å². The topological polar surface area (TPSA) is 95.5 Å². The molecule has 0 aliphatic rings. The number of halogens is 1. The molecule has 0 fully saturated rings. The molecule has 2 aromatic carbocycles. The molecule has 1 amide bonds. The lowest BCUT2D eigenvalue weighted by Crippen LogP contribution is -2.33. The van der Waals surface area contributed by atoms with Crippen molar-refractivity contribution in [2.45, 2.75) is 46.3 Å². The molecule has 0 saturated heterocycles. The number of rotatable bonds is 7. The highest BCUT2D eigenvalue weighted by Gasteiger charge is 2.20. The predicted molar refractivity (Wildman–Crippen MR) is 122 cm³/mol. The SMILES string of the molecule is COc1cc(C=NNC(=O)C(C)Oc2ccc(Cl)cc2C)ccc1OC(=O)OC(C)(C)C. The third kappa shape index (κ3) is 7.77. The van der Waals surface area contributed by atoms with Crippen LogP contribution >= 0.6 is 11.6 Å². The number of nitrogens with one attached hydrogen (secondary N) is 1. The number of benzene rings is 2. The fourth-order valence-electron chi connectivity index (χ4n) is 2.46. The van der Waals surface area contributed by atoms with E-state index < -0.39 is 23.8 Å². The molecule has 0 aliphatic carbocycles. The van der Waals surface area contributed by atoms with Crippen molar-refractivity contribution < 1.29 is 28.5 Å². The zero-order valence-corrected chi connectivity index (χ0v) is 19.6. The van der Waals surface area contributed by atoms with Gasteiger partial charge in [0.25, 0.3) is 5.91 Å². The van der Waals surface area contributed by atoms with E-state index in [1.165, 1.54) is 13.3 Å². The maximum atomic E-state index is 12.3. The number of nitrogens with zero attached hydrogens (tertiary/aromatic N) is 1. The largest absolute Gasteiger partial charge is 0.514 e. The molecule has 0 heterocycles. The molecule has 0 aromatic heterocycles. The van der Waals surface area contributed by atoms with Gasteiger partial charge in [0, 0.05) is 5.02 Å². The first-order chi connectivity index (χ1) is 15.0. The van der Waals surface area contributed by atoms with Crippen molar-refractivity contribution in [3.05, 3.63) is 52.5 Å². The summed E-state index contributed by atoms with van der Waals surface area (Å²) < 4.78 is 21.2. The third-order valence-electron chi connectivity index (χ3n) is 3.97. The van der Waals surface area contributed by atoms with E-state index in [0.717, 1.165) is 5.56 Å². The summed E-state index contributed by atoms with van der Waals surface area (Å²) in [5.74, 6) is 0.642. The molecule has 0 bridgehead atoms. The van der Waals surface area contributed by atoms with Gasteiger partial charge in [-0.3, -0.25) is 4.79 Å². The minimum absolute atomic E-state index is 0.197. The minimum Gasteiger partial charge on any atom is -0.493 e. The average molecular weight is 463 g/mol. The summed E-state index contributed by atoms with van der Waals surface area (Å²) in [5, 5.41) is 4.53. The number of methoxy groups -OCH3 is 1. The maximum absolute atomic E-state index is 12.3. The first-order valence-electron chi connectivity index (χ1n) is 9.83. The van der Waals surface area contributed by atoms with Crippen molar-refractivity contribution in [3.8, 4) is 17.2 Å². The molecule has 8 nitrogen and oxygen atoms in total. The van der Waals surface area contributed by atoms with E-state index in [9.17, 15) is 9.59 Å². The Labute approximate surface area is 192 Å². The number of ether oxygens (including phenoxy) is 4. The molecule has 0 spiro atoms. The van der Waals surface area contributed by atoms with Gasteiger partial charge in [-0.25, -0.2) is 10.2 Å². The van der Waals surface area contributed by atoms with Crippen molar-refractivity contribution in [3.63, 3.8) is 0 Å². The van der Waals surface area contributed by atoms with Crippen LogP contribution in [0.2, 0.25) is 5.02 Å². The van der Waals surface area contributed by atoms with E-state index in [1.54, 1.807) is 64.1 Å². The first-order valence-corrected chi connectivity index (χ1v) is 10.2. The van der Waals surface area contributed by atoms with Crippen LogP contribution in [-0.4, -0.2) is 37.1 Å². The Morgan fingerprint density at radius 3 is 2.41 bits per heavy atom. The highest BCUT2D eigenvalue weighted by molar-refractivity contribution is 6.30. The molecule has 32 heavy (non-hydrogen) atoms. The Kier molecular flexibility index (Phi) is 8.48. The molecule has 2 aromatic rings. The Morgan fingerprint density at radius 2 is 1.78 bits per heavy atom. The quantitative estimate of drug-likeness (QED) is 0.272. The van der Waals surface area contributed by atoms with Gasteiger partial charge < -0.3 is 18.9 Å². The fourth-order valence-corrected chi connectivity index (χ4v) is 2.69. The van der Waals surface area contributed by atoms with Gasteiger partial charge in [-0.05, 0) is 82.1 Å². The lowest BCUT2D eigenvalue weighted by Gasteiger charge is -2.19. The van der Waals surface area contributed by atoms with Crippen LogP contribution in [0.15, 0.2) is 41.5 Å². The third-order valence-corrected chi connectivity index (χ3v) is 4.20. The van der Waals surface area contributed by atoms with Gasteiger partial charge in [0.2, 0.25) is 0 Å². The number of carbonyl (C=O) groups is 2. The fraction of sp³-hybridized carbons (Fsp3) is 0.348. The number of hydrogen-bond donors (Lipinski definition) is 1. The standard InChI is InChI=1S/C23H27ClN2O6/c1-14-11-17(24)8-10-18(14)30-15(2)21(27)26-25-13-16-7-9-19(20(12-16)29-6)31-22(28)32-23(3,4)5/h7-13,15H,1-6H3,(H,26,27). The number of carbonyl (C=O) groups excluding carboxylic acids is 2. The summed E-state index contributed by atoms with van der Waals surface area (Å²) in [6, 6.07) is 9.94. The summed E-state index contributed by atoms with van der Waals surface area (Å²) in [7, 11) is 1.44. The number of amides is 1. The second-order valence-corrected chi connectivity index (χ2v) is 8.32. The normalized spacial score (nSPS) is 12.2. The molecule has 0 saturated carbocycles. The Bertz CT molecular complexity index is 1000. The minimum atomic E-state index is -0.839.